The Hall–Kier alpha value is -0.390. The number of anilines is 1. The van der Waals surface area contributed by atoms with Gasteiger partial charge in [-0.1, -0.05) is 0 Å². The fourth-order valence-electron chi connectivity index (χ4n) is 6.36. The number of nitrogens with two attached hydrogens (primary N) is 1. The molecule has 25 heteroatoms. The standard InChI is InChI=1S/C25H30N8O11P2S2.2Na/c1-10-2-3-11-4-32(21-14(11)23(40-10)30-8-28-21)24-17(35)18-13(42-24)6-39-46(37,48)44-19-16(34)12(5-38-45(36,47)43-18)41-25(19)33-9-31-15-20(26)27-7-29-22(15)33;;/h4,7-10,12-13,16-19,24-25,34-35H,2-3,5-6H2,1H3,(H,36,47)(H,37,48)(H2,26,27,29);;/q;2*+1/p-2/t10-,12+,13+,16+,17+,18+,19+,24+,25+,45?,46?;;/m0../s1. The molecule has 0 aromatic carbocycles. The van der Waals surface area contributed by atoms with Gasteiger partial charge in [0.1, 0.15) is 60.4 Å². The fraction of sp³-hybridized carbons (Fsp3) is 0.560. The van der Waals surface area contributed by atoms with Gasteiger partial charge in [-0.3, -0.25) is 13.7 Å². The van der Waals surface area contributed by atoms with E-state index in [1.165, 1.54) is 23.5 Å². The molecule has 4 aromatic rings. The Morgan fingerprint density at radius 1 is 0.860 bits per heavy atom. The number of nitrogen functional groups attached to an aromatic ring is 1. The van der Waals surface area contributed by atoms with Crippen molar-refractivity contribution < 1.29 is 111 Å². The summed E-state index contributed by atoms with van der Waals surface area (Å²) in [7, 11) is 0. The summed E-state index contributed by atoms with van der Waals surface area (Å²) in [6.45, 7) is -8.00. The molecule has 4 aliphatic rings. The molecule has 2 bridgehead atoms. The Kier molecular flexibility index (Phi) is 11.8. The average Bonchev–Trinajstić information content (AvgIpc) is 3.75. The van der Waals surface area contributed by atoms with Crippen LogP contribution in [0.3, 0.4) is 0 Å². The predicted octanol–water partition coefficient (Wildman–Crippen LogP) is -4.78. The number of aryl methyl sites for hydroxylation is 1. The summed E-state index contributed by atoms with van der Waals surface area (Å²) in [6, 6.07) is 0. The third kappa shape index (κ3) is 7.23. The van der Waals surface area contributed by atoms with Crippen LogP contribution in [0.5, 0.6) is 5.88 Å². The van der Waals surface area contributed by atoms with Crippen molar-refractivity contribution in [2.24, 2.45) is 0 Å². The summed E-state index contributed by atoms with van der Waals surface area (Å²) >= 11 is 10.4. The number of ether oxygens (including phenoxy) is 3. The van der Waals surface area contributed by atoms with Crippen molar-refractivity contribution in [2.45, 2.75) is 74.9 Å². The first-order chi connectivity index (χ1) is 22.9. The van der Waals surface area contributed by atoms with Crippen LogP contribution in [0.15, 0.2) is 25.2 Å². The smallest absolute Gasteiger partial charge is 0.660 e. The van der Waals surface area contributed by atoms with Crippen LogP contribution in [0.2, 0.25) is 0 Å². The molecule has 19 nitrogen and oxygen atoms in total. The maximum Gasteiger partial charge on any atom is 1.00 e. The Bertz CT molecular complexity index is 2000. The molecule has 2 unspecified atom stereocenters. The minimum absolute atomic E-state index is 0. The van der Waals surface area contributed by atoms with Gasteiger partial charge in [0.05, 0.1) is 31.0 Å². The van der Waals surface area contributed by atoms with E-state index in [1.54, 1.807) is 10.8 Å². The molecular formula is C25H28N8Na2O11P2S2. The van der Waals surface area contributed by atoms with E-state index in [2.05, 4.69) is 24.9 Å². The van der Waals surface area contributed by atoms with E-state index in [-0.39, 0.29) is 82.2 Å². The molecule has 8 heterocycles. The minimum atomic E-state index is -4.43. The molecule has 258 valence electrons. The number of imidazole rings is 1. The third-order valence-electron chi connectivity index (χ3n) is 8.64. The molecule has 3 saturated heterocycles. The second-order valence-corrected chi connectivity index (χ2v) is 17.1. The Morgan fingerprint density at radius 2 is 1.52 bits per heavy atom. The number of aliphatic hydroxyl groups excluding tert-OH is 2. The van der Waals surface area contributed by atoms with Gasteiger partial charge in [-0.15, -0.1) is 0 Å². The van der Waals surface area contributed by atoms with Crippen LogP contribution in [0.25, 0.3) is 22.2 Å². The van der Waals surface area contributed by atoms with Gasteiger partial charge in [-0.25, -0.2) is 24.9 Å². The predicted molar refractivity (Wildman–Crippen MR) is 167 cm³/mol. The summed E-state index contributed by atoms with van der Waals surface area (Å²) in [5, 5.41) is 23.4. The number of nitrogens with zero attached hydrogens (tertiary/aromatic N) is 7. The number of fused-ring (bicyclic) bond motifs is 4. The topological polar surface area (TPSA) is 240 Å². The molecule has 50 heavy (non-hydrogen) atoms. The van der Waals surface area contributed by atoms with E-state index in [1.807, 2.05) is 6.92 Å². The molecule has 3 fully saturated rings. The van der Waals surface area contributed by atoms with E-state index in [9.17, 15) is 19.3 Å². The Balaban J connectivity index is 0.00000216. The zero-order valence-corrected chi connectivity index (χ0v) is 34.2. The van der Waals surface area contributed by atoms with Gasteiger partial charge in [0.2, 0.25) is 12.7 Å². The molecule has 0 saturated carbocycles. The van der Waals surface area contributed by atoms with Crippen LogP contribution in [-0.4, -0.2) is 100 Å². The van der Waals surface area contributed by atoms with Crippen LogP contribution in [-0.2, 0) is 67.6 Å². The quantitative estimate of drug-likeness (QED) is 0.0982. The van der Waals surface area contributed by atoms with Gasteiger partial charge in [-0.2, -0.15) is 0 Å². The molecule has 0 spiro atoms. The molecule has 11 atom stereocenters. The van der Waals surface area contributed by atoms with E-state index in [0.29, 0.717) is 23.3 Å². The SMILES string of the molecule is C[C@H]1CCc2cn([C@@H]3O[C@@H]4COP(=O)([S-])O[C@@H]5[C@H](O)[C@@H](COP(=O)([S-])O[C@H]4[C@H]3O)O[C@H]5n3cnc4c(N)ncnc43)c3ncnc(c23)O1.[Na+].[Na+]. The minimum Gasteiger partial charge on any atom is -0.660 e. The molecule has 0 aliphatic carbocycles. The number of aromatic nitrogens is 7. The number of rotatable bonds is 2. The van der Waals surface area contributed by atoms with Crippen LogP contribution >= 0.6 is 13.6 Å². The summed E-state index contributed by atoms with van der Waals surface area (Å²) in [5.74, 6) is 0.492. The molecule has 4 aromatic heterocycles. The maximum atomic E-state index is 13.6. The monoisotopic (exact) mass is 788 g/mol. The number of aliphatic hydroxyl groups is 2. The molecule has 0 amide bonds. The van der Waals surface area contributed by atoms with Crippen LogP contribution in [0.4, 0.5) is 5.82 Å². The van der Waals surface area contributed by atoms with Crippen molar-refractivity contribution in [1.29, 1.82) is 0 Å². The van der Waals surface area contributed by atoms with Gasteiger partial charge >= 0.3 is 59.1 Å². The molecule has 4 N–H and O–H groups in total. The van der Waals surface area contributed by atoms with Crippen molar-refractivity contribution in [2.75, 3.05) is 18.9 Å². The average molecular weight is 789 g/mol. The molecule has 4 aliphatic heterocycles. The van der Waals surface area contributed by atoms with Gasteiger partial charge in [0.25, 0.3) is 0 Å². The largest absolute Gasteiger partial charge is 1.00 e. The first-order valence-electron chi connectivity index (χ1n) is 14.8. The molecule has 8 rings (SSSR count). The Morgan fingerprint density at radius 3 is 2.28 bits per heavy atom. The van der Waals surface area contributed by atoms with Crippen molar-refractivity contribution in [3.8, 4) is 5.88 Å². The number of hydrogen-bond donors (Lipinski definition) is 3. The maximum absolute atomic E-state index is 13.6. The Labute approximate surface area is 338 Å². The summed E-state index contributed by atoms with van der Waals surface area (Å²) in [6.07, 6.45) is -3.71. The van der Waals surface area contributed by atoms with Crippen LogP contribution in [0.1, 0.15) is 31.4 Å². The van der Waals surface area contributed by atoms with Gasteiger partial charge in [0, 0.05) is 6.20 Å². The normalized spacial score (nSPS) is 37.3. The summed E-state index contributed by atoms with van der Waals surface area (Å²) in [5.41, 5.74) is 7.69. The molecule has 0 radical (unpaired) electrons. The van der Waals surface area contributed by atoms with Crippen LogP contribution in [0, 0.1) is 0 Å². The van der Waals surface area contributed by atoms with E-state index in [4.69, 9.17) is 62.5 Å². The van der Waals surface area contributed by atoms with Gasteiger partial charge in [0.15, 0.2) is 30.7 Å². The summed E-state index contributed by atoms with van der Waals surface area (Å²) in [4.78, 5) is 21.0. The van der Waals surface area contributed by atoms with E-state index >= 15 is 0 Å². The van der Waals surface area contributed by atoms with Crippen molar-refractivity contribution in [3.05, 3.63) is 30.7 Å². The second kappa shape index (κ2) is 15.0. The first-order valence-corrected chi connectivity index (χ1v) is 19.9. The van der Waals surface area contributed by atoms with Crippen molar-refractivity contribution in [3.63, 3.8) is 0 Å². The van der Waals surface area contributed by atoms with Crippen molar-refractivity contribution in [1.82, 2.24) is 34.1 Å². The van der Waals surface area contributed by atoms with Crippen molar-refractivity contribution >= 4 is 66.1 Å². The van der Waals surface area contributed by atoms with Gasteiger partial charge in [-0.05, 0) is 25.3 Å². The number of hydrogen-bond acceptors (Lipinski definition) is 19. The van der Waals surface area contributed by atoms with E-state index in [0.717, 1.165) is 12.0 Å². The second-order valence-electron chi connectivity index (χ2n) is 11.7. The zero-order chi connectivity index (χ0) is 33.5. The third-order valence-corrected chi connectivity index (χ3v) is 11.7. The van der Waals surface area contributed by atoms with Crippen LogP contribution < -0.4 is 69.6 Å². The first kappa shape index (κ1) is 39.3. The zero-order valence-electron chi connectivity index (χ0n) is 26.8. The fourth-order valence-corrected chi connectivity index (χ4v) is 9.19. The molecular weight excluding hydrogens is 760 g/mol. The van der Waals surface area contributed by atoms with E-state index < -0.39 is 75.9 Å². The van der Waals surface area contributed by atoms with Gasteiger partial charge < -0.3 is 77.3 Å². The summed E-state index contributed by atoms with van der Waals surface area (Å²) < 4.78 is 70.8.